The van der Waals surface area contributed by atoms with Crippen molar-refractivity contribution in [3.05, 3.63) is 63.5 Å². The average Bonchev–Trinajstić information content (AvgIpc) is 3.29. The number of fused-ring (bicyclic) bond motifs is 1. The SMILES string of the molecule is CC(=O)N(c1ccc(F)cc1)c1nc(/C=C/c2nc3c(cnn3C)c(=O)[nH]2)cs1. The van der Waals surface area contributed by atoms with Crippen LogP contribution in [-0.4, -0.2) is 30.6 Å². The van der Waals surface area contributed by atoms with Gasteiger partial charge in [-0.3, -0.25) is 19.2 Å². The van der Waals surface area contributed by atoms with Crippen LogP contribution in [0.25, 0.3) is 23.2 Å². The minimum absolute atomic E-state index is 0.242. The molecule has 3 aromatic heterocycles. The summed E-state index contributed by atoms with van der Waals surface area (Å²) in [6.45, 7) is 1.41. The second-order valence-corrected chi connectivity index (χ2v) is 7.01. The Balaban J connectivity index is 1.63. The Hall–Kier alpha value is -3.66. The molecule has 0 saturated carbocycles. The van der Waals surface area contributed by atoms with Gasteiger partial charge in [-0.1, -0.05) is 0 Å². The third-order valence-electron chi connectivity index (χ3n) is 4.13. The van der Waals surface area contributed by atoms with Crippen molar-refractivity contribution in [2.24, 2.45) is 7.05 Å². The summed E-state index contributed by atoms with van der Waals surface area (Å²) in [7, 11) is 1.71. The fraction of sp³-hybridized carbons (Fsp3) is 0.105. The first-order valence-electron chi connectivity index (χ1n) is 8.54. The number of carbonyl (C=O) groups is 1. The molecule has 8 nitrogen and oxygen atoms in total. The highest BCUT2D eigenvalue weighted by atomic mass is 32.1. The average molecular weight is 410 g/mol. The van der Waals surface area contributed by atoms with E-state index in [-0.39, 0.29) is 17.3 Å². The van der Waals surface area contributed by atoms with Crippen LogP contribution in [0.5, 0.6) is 0 Å². The Morgan fingerprint density at radius 1 is 1.24 bits per heavy atom. The van der Waals surface area contributed by atoms with E-state index in [0.717, 1.165) is 0 Å². The van der Waals surface area contributed by atoms with E-state index in [2.05, 4.69) is 20.1 Å². The lowest BCUT2D eigenvalue weighted by Gasteiger charge is -2.17. The van der Waals surface area contributed by atoms with Crippen LogP contribution in [0.3, 0.4) is 0 Å². The number of H-pyrrole nitrogens is 1. The maximum Gasteiger partial charge on any atom is 0.262 e. The van der Waals surface area contributed by atoms with Crippen molar-refractivity contribution >= 4 is 51.2 Å². The first kappa shape index (κ1) is 18.7. The smallest absolute Gasteiger partial charge is 0.262 e. The molecule has 0 spiro atoms. The number of thiazole rings is 1. The minimum atomic E-state index is -0.383. The van der Waals surface area contributed by atoms with Crippen LogP contribution in [0.15, 0.2) is 40.6 Å². The van der Waals surface area contributed by atoms with Crippen molar-refractivity contribution in [1.82, 2.24) is 24.7 Å². The monoisotopic (exact) mass is 410 g/mol. The molecule has 0 aliphatic heterocycles. The van der Waals surface area contributed by atoms with Gasteiger partial charge in [-0.05, 0) is 36.4 Å². The zero-order valence-corrected chi connectivity index (χ0v) is 16.3. The molecule has 0 aliphatic rings. The molecule has 10 heteroatoms. The molecule has 1 amide bonds. The quantitative estimate of drug-likeness (QED) is 0.558. The summed E-state index contributed by atoms with van der Waals surface area (Å²) in [5, 5.41) is 6.66. The lowest BCUT2D eigenvalue weighted by atomic mass is 10.3. The highest BCUT2D eigenvalue weighted by Crippen LogP contribution is 2.29. The fourth-order valence-corrected chi connectivity index (χ4v) is 3.62. The molecule has 1 N–H and O–H groups in total. The molecule has 0 unspecified atom stereocenters. The second kappa shape index (κ2) is 7.40. The maximum absolute atomic E-state index is 13.2. The molecule has 0 aliphatic carbocycles. The van der Waals surface area contributed by atoms with E-state index in [1.807, 2.05) is 0 Å². The fourth-order valence-electron chi connectivity index (χ4n) is 2.77. The number of nitrogens with zero attached hydrogens (tertiary/aromatic N) is 5. The normalized spacial score (nSPS) is 11.4. The molecule has 4 rings (SSSR count). The summed E-state index contributed by atoms with van der Waals surface area (Å²) < 4.78 is 14.7. The largest absolute Gasteiger partial charge is 0.306 e. The van der Waals surface area contributed by atoms with Gasteiger partial charge in [0.1, 0.15) is 17.0 Å². The Morgan fingerprint density at radius 3 is 2.72 bits per heavy atom. The van der Waals surface area contributed by atoms with Gasteiger partial charge in [0.2, 0.25) is 5.91 Å². The molecule has 3 heterocycles. The number of halogens is 1. The molecule has 0 radical (unpaired) electrons. The number of rotatable bonds is 4. The van der Waals surface area contributed by atoms with Crippen LogP contribution in [0.2, 0.25) is 0 Å². The van der Waals surface area contributed by atoms with Crippen molar-refractivity contribution < 1.29 is 9.18 Å². The molecule has 0 fully saturated rings. The number of nitrogens with one attached hydrogen (secondary N) is 1. The molecule has 0 bridgehead atoms. The first-order chi connectivity index (χ1) is 13.9. The minimum Gasteiger partial charge on any atom is -0.306 e. The van der Waals surface area contributed by atoms with Crippen molar-refractivity contribution in [2.75, 3.05) is 4.90 Å². The molecule has 0 atom stereocenters. The summed E-state index contributed by atoms with van der Waals surface area (Å²) in [6.07, 6.45) is 4.78. The van der Waals surface area contributed by atoms with E-state index in [9.17, 15) is 14.0 Å². The number of benzene rings is 1. The summed E-state index contributed by atoms with van der Waals surface area (Å²) in [4.78, 5) is 37.1. The van der Waals surface area contributed by atoms with Crippen LogP contribution < -0.4 is 10.5 Å². The van der Waals surface area contributed by atoms with Crippen LogP contribution >= 0.6 is 11.3 Å². The maximum atomic E-state index is 13.2. The van der Waals surface area contributed by atoms with Crippen LogP contribution in [-0.2, 0) is 11.8 Å². The lowest BCUT2D eigenvalue weighted by molar-refractivity contribution is -0.115. The number of hydrogen-bond donors (Lipinski definition) is 1. The Morgan fingerprint density at radius 2 is 2.00 bits per heavy atom. The van der Waals surface area contributed by atoms with Gasteiger partial charge < -0.3 is 4.98 Å². The van der Waals surface area contributed by atoms with Gasteiger partial charge >= 0.3 is 0 Å². The van der Waals surface area contributed by atoms with Gasteiger partial charge in [0.15, 0.2) is 10.8 Å². The number of hydrogen-bond acceptors (Lipinski definition) is 6. The van der Waals surface area contributed by atoms with Gasteiger partial charge in [0.05, 0.1) is 17.6 Å². The third-order valence-corrected chi connectivity index (χ3v) is 4.98. The number of aromatic nitrogens is 5. The summed E-state index contributed by atoms with van der Waals surface area (Å²) >= 11 is 1.27. The Labute approximate surface area is 168 Å². The lowest BCUT2D eigenvalue weighted by Crippen LogP contribution is -2.22. The van der Waals surface area contributed by atoms with E-state index >= 15 is 0 Å². The number of aryl methyl sites for hydroxylation is 1. The van der Waals surface area contributed by atoms with Gasteiger partial charge in [-0.25, -0.2) is 14.4 Å². The predicted molar refractivity (Wildman–Crippen MR) is 109 cm³/mol. The zero-order chi connectivity index (χ0) is 20.5. The van der Waals surface area contributed by atoms with Gasteiger partial charge in [0.25, 0.3) is 5.56 Å². The number of carbonyl (C=O) groups excluding carboxylic acids is 1. The van der Waals surface area contributed by atoms with Crippen LogP contribution in [0.4, 0.5) is 15.2 Å². The summed E-state index contributed by atoms with van der Waals surface area (Å²) in [5.74, 6) is -0.261. The highest BCUT2D eigenvalue weighted by Gasteiger charge is 2.17. The van der Waals surface area contributed by atoms with Crippen molar-refractivity contribution in [3.8, 4) is 0 Å². The van der Waals surface area contributed by atoms with E-state index in [4.69, 9.17) is 0 Å². The Kier molecular flexibility index (Phi) is 4.77. The van der Waals surface area contributed by atoms with E-state index in [1.165, 1.54) is 58.3 Å². The van der Waals surface area contributed by atoms with Gasteiger partial charge in [-0.15, -0.1) is 11.3 Å². The third kappa shape index (κ3) is 3.69. The van der Waals surface area contributed by atoms with Gasteiger partial charge in [0, 0.05) is 19.4 Å². The van der Waals surface area contributed by atoms with Crippen molar-refractivity contribution in [3.63, 3.8) is 0 Å². The summed E-state index contributed by atoms with van der Waals surface area (Å²) in [5.41, 5.74) is 1.31. The van der Waals surface area contributed by atoms with Crippen molar-refractivity contribution in [2.45, 2.75) is 6.92 Å². The van der Waals surface area contributed by atoms with E-state index in [0.29, 0.717) is 33.4 Å². The van der Waals surface area contributed by atoms with E-state index < -0.39 is 0 Å². The van der Waals surface area contributed by atoms with Gasteiger partial charge in [-0.2, -0.15) is 5.10 Å². The molecule has 146 valence electrons. The van der Waals surface area contributed by atoms with Crippen molar-refractivity contribution in [1.29, 1.82) is 0 Å². The topological polar surface area (TPSA) is 96.8 Å². The number of anilines is 2. The Bertz CT molecular complexity index is 1290. The van der Waals surface area contributed by atoms with Crippen LogP contribution in [0, 0.1) is 5.82 Å². The number of aromatic amines is 1. The van der Waals surface area contributed by atoms with E-state index in [1.54, 1.807) is 24.6 Å². The first-order valence-corrected chi connectivity index (χ1v) is 9.42. The molecular formula is C19H15FN6O2S. The zero-order valence-electron chi connectivity index (χ0n) is 15.5. The molecule has 1 aromatic carbocycles. The highest BCUT2D eigenvalue weighted by molar-refractivity contribution is 7.14. The number of amides is 1. The predicted octanol–water partition coefficient (Wildman–Crippen LogP) is 3.11. The molecule has 29 heavy (non-hydrogen) atoms. The molecular weight excluding hydrogens is 395 g/mol. The van der Waals surface area contributed by atoms with Crippen LogP contribution in [0.1, 0.15) is 18.4 Å². The second-order valence-electron chi connectivity index (χ2n) is 6.18. The summed E-state index contributed by atoms with van der Waals surface area (Å²) in [6, 6.07) is 5.61. The standard InChI is InChI=1S/C19H15FN6O2S/c1-11(27)26(14-6-3-12(20)4-7-14)19-22-13(10-29-19)5-8-16-23-17-15(18(28)24-16)9-21-25(17)2/h3-10H,1-2H3,(H,23,24,28)/b8-5+. The molecule has 4 aromatic rings. The molecule has 0 saturated heterocycles.